The van der Waals surface area contributed by atoms with Gasteiger partial charge in [0.15, 0.2) is 23.1 Å². The molecule has 6 heteroatoms. The Hall–Kier alpha value is -2.76. The van der Waals surface area contributed by atoms with Gasteiger partial charge in [-0.1, -0.05) is 6.92 Å². The number of carbonyl (C=O) groups excluding carboxylic acids is 2. The van der Waals surface area contributed by atoms with E-state index in [1.54, 1.807) is 25.1 Å². The summed E-state index contributed by atoms with van der Waals surface area (Å²) in [6, 6.07) is 5.54. The molecule has 0 amide bonds. The van der Waals surface area contributed by atoms with Gasteiger partial charge in [-0.3, -0.25) is 14.6 Å². The van der Waals surface area contributed by atoms with E-state index in [1.807, 2.05) is 0 Å². The Labute approximate surface area is 138 Å². The van der Waals surface area contributed by atoms with Crippen molar-refractivity contribution >= 4 is 11.6 Å². The lowest BCUT2D eigenvalue weighted by Gasteiger charge is -2.14. The summed E-state index contributed by atoms with van der Waals surface area (Å²) < 4.78 is 24.2. The maximum absolute atomic E-state index is 14.0. The molecule has 1 aliphatic heterocycles. The third-order valence-corrected chi connectivity index (χ3v) is 3.79. The number of fused-ring (bicyclic) bond motifs is 1. The van der Waals surface area contributed by atoms with Gasteiger partial charge in [-0.2, -0.15) is 4.39 Å². The molecule has 0 saturated heterocycles. The number of alkyl halides is 1. The average molecular weight is 329 g/mol. The highest BCUT2D eigenvalue weighted by atomic mass is 19.2. The Morgan fingerprint density at radius 1 is 1.00 bits per heavy atom. The number of aromatic nitrogens is 1. The molecule has 3 rings (SSSR count). The Kier molecular flexibility index (Phi) is 4.29. The van der Waals surface area contributed by atoms with Gasteiger partial charge in [0.2, 0.25) is 0 Å². The standard InChI is InChI=1S/C18H16FNO4/c1-2-18(19)23-16-6-3-13(11-17(16)24-18)15(22)5-4-14(21)12-7-9-20-10-8-12/h3,6-11H,2,4-5H2,1H3. The monoisotopic (exact) mass is 329 g/mol. The summed E-state index contributed by atoms with van der Waals surface area (Å²) in [5, 5.41) is 0. The van der Waals surface area contributed by atoms with Gasteiger partial charge in [0.05, 0.1) is 6.42 Å². The van der Waals surface area contributed by atoms with Crippen LogP contribution in [-0.2, 0) is 0 Å². The molecule has 124 valence electrons. The van der Waals surface area contributed by atoms with Gasteiger partial charge in [-0.05, 0) is 30.3 Å². The van der Waals surface area contributed by atoms with Crippen molar-refractivity contribution in [1.82, 2.24) is 4.98 Å². The van der Waals surface area contributed by atoms with Crippen LogP contribution in [0.2, 0.25) is 0 Å². The molecule has 1 aromatic heterocycles. The SMILES string of the molecule is CCC1(F)Oc2ccc(C(=O)CCC(=O)c3ccncc3)cc2O1. The number of ketones is 2. The van der Waals surface area contributed by atoms with Crippen molar-refractivity contribution in [1.29, 1.82) is 0 Å². The number of Topliss-reactive ketones (excluding diaryl/α,β-unsaturated/α-hetero) is 2. The molecule has 1 atom stereocenters. The van der Waals surface area contributed by atoms with Crippen LogP contribution in [0.15, 0.2) is 42.7 Å². The second-order valence-corrected chi connectivity index (χ2v) is 5.46. The van der Waals surface area contributed by atoms with E-state index in [4.69, 9.17) is 9.47 Å². The van der Waals surface area contributed by atoms with Crippen molar-refractivity contribution in [3.05, 3.63) is 53.9 Å². The fourth-order valence-electron chi connectivity index (χ4n) is 2.39. The smallest absolute Gasteiger partial charge is 0.407 e. The normalized spacial score (nSPS) is 18.4. The topological polar surface area (TPSA) is 65.5 Å². The zero-order valence-corrected chi connectivity index (χ0v) is 13.1. The summed E-state index contributed by atoms with van der Waals surface area (Å²) in [6.07, 6.45) is 3.26. The van der Waals surface area contributed by atoms with Crippen LogP contribution in [0, 0.1) is 0 Å². The Morgan fingerprint density at radius 3 is 2.29 bits per heavy atom. The van der Waals surface area contributed by atoms with E-state index < -0.39 is 6.04 Å². The molecule has 5 nitrogen and oxygen atoms in total. The first-order valence-electron chi connectivity index (χ1n) is 7.68. The number of benzene rings is 1. The first kappa shape index (κ1) is 16.1. The van der Waals surface area contributed by atoms with E-state index >= 15 is 0 Å². The number of nitrogens with zero attached hydrogens (tertiary/aromatic N) is 1. The van der Waals surface area contributed by atoms with E-state index in [0.29, 0.717) is 11.1 Å². The second-order valence-electron chi connectivity index (χ2n) is 5.46. The number of carbonyl (C=O) groups is 2. The molecule has 0 saturated carbocycles. The van der Waals surface area contributed by atoms with E-state index in [-0.39, 0.29) is 42.3 Å². The van der Waals surface area contributed by atoms with E-state index in [0.717, 1.165) is 0 Å². The zero-order chi connectivity index (χ0) is 17.2. The summed E-state index contributed by atoms with van der Waals surface area (Å²) in [7, 11) is 0. The highest BCUT2D eigenvalue weighted by Gasteiger charge is 2.40. The van der Waals surface area contributed by atoms with Crippen LogP contribution < -0.4 is 9.47 Å². The second kappa shape index (κ2) is 6.39. The average Bonchev–Trinajstić information content (AvgIpc) is 2.96. The molecule has 0 spiro atoms. The van der Waals surface area contributed by atoms with Gasteiger partial charge >= 0.3 is 6.04 Å². The first-order chi connectivity index (χ1) is 11.5. The van der Waals surface area contributed by atoms with Crippen LogP contribution in [0.5, 0.6) is 11.5 Å². The lowest BCUT2D eigenvalue weighted by atomic mass is 10.0. The minimum atomic E-state index is -2.18. The number of hydrogen-bond donors (Lipinski definition) is 0. The maximum atomic E-state index is 14.0. The Morgan fingerprint density at radius 2 is 1.62 bits per heavy atom. The van der Waals surface area contributed by atoms with Crippen molar-refractivity contribution < 1.29 is 23.5 Å². The molecule has 1 aromatic carbocycles. The minimum Gasteiger partial charge on any atom is -0.423 e. The van der Waals surface area contributed by atoms with Gasteiger partial charge in [0, 0.05) is 36.4 Å². The van der Waals surface area contributed by atoms with Gasteiger partial charge in [0.25, 0.3) is 0 Å². The van der Waals surface area contributed by atoms with Crippen molar-refractivity contribution in [2.45, 2.75) is 32.2 Å². The fraction of sp³-hybridized carbons (Fsp3) is 0.278. The molecule has 2 aromatic rings. The van der Waals surface area contributed by atoms with E-state index in [1.165, 1.54) is 24.5 Å². The van der Waals surface area contributed by atoms with Crippen LogP contribution in [-0.4, -0.2) is 22.6 Å². The Balaban J connectivity index is 1.65. The summed E-state index contributed by atoms with van der Waals surface area (Å²) in [5.41, 5.74) is 0.883. The predicted molar refractivity (Wildman–Crippen MR) is 84.0 cm³/mol. The summed E-state index contributed by atoms with van der Waals surface area (Å²) in [5.74, 6) is 0.131. The quantitative estimate of drug-likeness (QED) is 0.756. The molecule has 0 fully saturated rings. The Bertz CT molecular complexity index is 778. The van der Waals surface area contributed by atoms with Crippen LogP contribution in [0.1, 0.15) is 46.9 Å². The van der Waals surface area contributed by atoms with Crippen molar-refractivity contribution in [2.75, 3.05) is 0 Å². The summed E-state index contributed by atoms with van der Waals surface area (Å²) in [4.78, 5) is 28.1. The molecule has 0 radical (unpaired) electrons. The van der Waals surface area contributed by atoms with Crippen molar-refractivity contribution in [2.24, 2.45) is 0 Å². The van der Waals surface area contributed by atoms with Crippen molar-refractivity contribution in [3.8, 4) is 11.5 Å². The van der Waals surface area contributed by atoms with Gasteiger partial charge in [0.1, 0.15) is 0 Å². The van der Waals surface area contributed by atoms with Gasteiger partial charge in [-0.25, -0.2) is 0 Å². The lowest BCUT2D eigenvalue weighted by Crippen LogP contribution is -2.31. The lowest BCUT2D eigenvalue weighted by molar-refractivity contribution is -0.191. The van der Waals surface area contributed by atoms with E-state index in [2.05, 4.69) is 4.98 Å². The van der Waals surface area contributed by atoms with Gasteiger partial charge in [-0.15, -0.1) is 0 Å². The number of ether oxygens (including phenoxy) is 2. The molecule has 2 heterocycles. The van der Waals surface area contributed by atoms with Crippen LogP contribution in [0.25, 0.3) is 0 Å². The number of halogens is 1. The predicted octanol–water partition coefficient (Wildman–Crippen LogP) is 3.73. The molecular formula is C18H16FNO4. The van der Waals surface area contributed by atoms with Gasteiger partial charge < -0.3 is 9.47 Å². The maximum Gasteiger partial charge on any atom is 0.407 e. The molecular weight excluding hydrogens is 313 g/mol. The number of hydrogen-bond acceptors (Lipinski definition) is 5. The van der Waals surface area contributed by atoms with Crippen LogP contribution in [0.3, 0.4) is 0 Å². The molecule has 0 bridgehead atoms. The first-order valence-corrected chi connectivity index (χ1v) is 7.68. The minimum absolute atomic E-state index is 0.0331. The number of pyridine rings is 1. The molecule has 1 unspecified atom stereocenters. The molecule has 1 aliphatic rings. The zero-order valence-electron chi connectivity index (χ0n) is 13.1. The van der Waals surface area contributed by atoms with E-state index in [9.17, 15) is 14.0 Å². The van der Waals surface area contributed by atoms with Crippen LogP contribution in [0.4, 0.5) is 4.39 Å². The highest BCUT2D eigenvalue weighted by Crippen LogP contribution is 2.42. The number of rotatable bonds is 6. The fourth-order valence-corrected chi connectivity index (χ4v) is 2.39. The summed E-state index contributed by atoms with van der Waals surface area (Å²) in [6.45, 7) is 1.60. The molecule has 0 aliphatic carbocycles. The highest BCUT2D eigenvalue weighted by molar-refractivity contribution is 6.02. The van der Waals surface area contributed by atoms with Crippen LogP contribution >= 0.6 is 0 Å². The largest absolute Gasteiger partial charge is 0.423 e. The summed E-state index contributed by atoms with van der Waals surface area (Å²) >= 11 is 0. The third-order valence-electron chi connectivity index (χ3n) is 3.79. The van der Waals surface area contributed by atoms with Crippen molar-refractivity contribution in [3.63, 3.8) is 0 Å². The molecule has 24 heavy (non-hydrogen) atoms. The molecule has 0 N–H and O–H groups in total. The third kappa shape index (κ3) is 3.27.